The van der Waals surface area contributed by atoms with Crippen LogP contribution in [0.4, 0.5) is 18.9 Å². The van der Waals surface area contributed by atoms with Crippen LogP contribution >= 0.6 is 23.2 Å². The molecule has 3 heterocycles. The number of rotatable bonds is 10. The van der Waals surface area contributed by atoms with Gasteiger partial charge < -0.3 is 24.6 Å². The lowest BCUT2D eigenvalue weighted by molar-refractivity contribution is -0.150. The predicted molar refractivity (Wildman–Crippen MR) is 188 cm³/mol. The number of carboxylic acids is 1. The number of carbonyl (C=O) groups excluding carboxylic acids is 2. The van der Waals surface area contributed by atoms with Crippen LogP contribution in [0.1, 0.15) is 48.0 Å². The molecule has 2 atom stereocenters. The number of carboxylic acid groups (broad SMARTS) is 1. The maximum Gasteiger partial charge on any atom is 0.401 e. The van der Waals surface area contributed by atoms with E-state index in [1.807, 2.05) is 35.9 Å². The molecule has 2 N–H and O–H groups in total. The summed E-state index contributed by atoms with van der Waals surface area (Å²) in [6, 6.07) is 10.3. The highest BCUT2D eigenvalue weighted by atomic mass is 35.5. The molecule has 2 aliphatic heterocycles. The van der Waals surface area contributed by atoms with Crippen LogP contribution in [-0.4, -0.2) is 112 Å². The molecule has 0 unspecified atom stereocenters. The van der Waals surface area contributed by atoms with Gasteiger partial charge in [0.1, 0.15) is 0 Å². The van der Waals surface area contributed by atoms with Crippen LogP contribution < -0.4 is 5.32 Å². The highest BCUT2D eigenvalue weighted by Gasteiger charge is 2.41. The summed E-state index contributed by atoms with van der Waals surface area (Å²) < 4.78 is 47.1. The number of halogens is 5. The minimum Gasteiger partial charge on any atom is -0.481 e. The Kier molecular flexibility index (Phi) is 11.5. The van der Waals surface area contributed by atoms with Crippen molar-refractivity contribution in [1.29, 1.82) is 0 Å². The zero-order valence-electron chi connectivity index (χ0n) is 28.3. The number of aryl methyl sites for hydroxylation is 1. The number of benzene rings is 2. The Balaban J connectivity index is 1.12. The number of nitrogens with zero attached hydrogens (tertiary/aromatic N) is 4. The van der Waals surface area contributed by atoms with Crippen molar-refractivity contribution in [3.63, 3.8) is 0 Å². The van der Waals surface area contributed by atoms with Crippen molar-refractivity contribution in [3.8, 4) is 0 Å². The summed E-state index contributed by atoms with van der Waals surface area (Å²) in [7, 11) is 1.86. The van der Waals surface area contributed by atoms with Gasteiger partial charge in [0.2, 0.25) is 5.91 Å². The van der Waals surface area contributed by atoms with Crippen LogP contribution in [0.25, 0.3) is 10.9 Å². The molecule has 51 heavy (non-hydrogen) atoms. The second kappa shape index (κ2) is 15.7. The molecule has 1 aromatic heterocycles. The van der Waals surface area contributed by atoms with Crippen molar-refractivity contribution in [2.24, 2.45) is 13.0 Å². The molecule has 1 aliphatic carbocycles. The number of hydrogen-bond donors (Lipinski definition) is 2. The zero-order chi connectivity index (χ0) is 36.4. The number of anilines is 1. The maximum atomic E-state index is 13.9. The van der Waals surface area contributed by atoms with Gasteiger partial charge in [0.25, 0.3) is 5.91 Å². The van der Waals surface area contributed by atoms with Gasteiger partial charge in [-0.3, -0.25) is 24.2 Å². The lowest BCUT2D eigenvalue weighted by Crippen LogP contribution is -2.52. The third-order valence-corrected chi connectivity index (χ3v) is 11.1. The Morgan fingerprint density at radius 3 is 2.39 bits per heavy atom. The van der Waals surface area contributed by atoms with Crippen molar-refractivity contribution in [2.75, 3.05) is 51.2 Å². The van der Waals surface area contributed by atoms with Gasteiger partial charge in [-0.15, -0.1) is 0 Å². The number of alkyl halides is 3. The molecule has 3 fully saturated rings. The molecule has 3 aromatic rings. The number of piperazine rings is 1. The average molecular weight is 753 g/mol. The molecule has 2 saturated heterocycles. The SMILES string of the molecule is Cn1cc(C(=O)Nc2cc(Cl)c(CC(=O)N3C[C@@H](N4CCN(CC(F)(F)F)CC4)C[C@H]3COC3CCC(C(=O)O)CC3)cc2Cl)c2ccccc21. The van der Waals surface area contributed by atoms with Gasteiger partial charge in [-0.1, -0.05) is 41.4 Å². The second-order valence-electron chi connectivity index (χ2n) is 13.9. The van der Waals surface area contributed by atoms with Gasteiger partial charge in [-0.05, 0) is 55.9 Å². The van der Waals surface area contributed by atoms with Crippen LogP contribution in [0, 0.1) is 5.92 Å². The quantitative estimate of drug-likeness (QED) is 0.258. The zero-order valence-corrected chi connectivity index (χ0v) is 29.8. The summed E-state index contributed by atoms with van der Waals surface area (Å²) in [5, 5.41) is 13.5. The van der Waals surface area contributed by atoms with Crippen LogP contribution in [0.5, 0.6) is 0 Å². The highest BCUT2D eigenvalue weighted by molar-refractivity contribution is 6.36. The number of nitrogens with one attached hydrogen (secondary N) is 1. The number of likely N-dealkylation sites (tertiary alicyclic amines) is 1. The van der Waals surface area contributed by atoms with Crippen molar-refractivity contribution >= 4 is 57.6 Å². The molecule has 0 bridgehead atoms. The average Bonchev–Trinajstić information content (AvgIpc) is 3.67. The van der Waals surface area contributed by atoms with Crippen molar-refractivity contribution in [3.05, 3.63) is 63.8 Å². The first-order valence-electron chi connectivity index (χ1n) is 17.3. The Hall–Kier alpha value is -3.36. The fraction of sp³-hybridized carbons (Fsp3) is 0.528. The molecular formula is C36H42Cl2F3N5O5. The van der Waals surface area contributed by atoms with E-state index in [9.17, 15) is 32.7 Å². The number of hydrogen-bond acceptors (Lipinski definition) is 6. The van der Waals surface area contributed by atoms with E-state index in [1.54, 1.807) is 17.2 Å². The number of aliphatic carboxylic acids is 1. The third kappa shape index (κ3) is 9.00. The summed E-state index contributed by atoms with van der Waals surface area (Å²) in [5.41, 5.74) is 2.19. The van der Waals surface area contributed by atoms with Gasteiger partial charge in [-0.25, -0.2) is 0 Å². The fourth-order valence-corrected chi connectivity index (χ4v) is 8.14. The topological polar surface area (TPSA) is 107 Å². The standard InChI is InChI=1S/C36H42Cl2F3N5O5/c1-43-19-28(27-4-2-3-5-32(27)43)34(48)42-31-17-29(37)23(14-30(31)38)15-33(47)46-18-24(45-12-10-44(11-13-45)21-36(39,40)41)16-25(46)20-51-26-8-6-22(7-9-26)35(49)50/h2-5,14,17,19,22,24-26H,6-13,15-16,18,20-21H2,1H3,(H,42,48)(H,49,50)/t22?,24-,25-,26?/m0/s1. The number of aromatic nitrogens is 1. The number of amides is 2. The van der Waals surface area contributed by atoms with E-state index in [2.05, 4.69) is 10.2 Å². The van der Waals surface area contributed by atoms with Gasteiger partial charge in [-0.2, -0.15) is 13.2 Å². The molecule has 6 rings (SSSR count). The molecule has 0 radical (unpaired) electrons. The number of para-hydroxylation sites is 1. The first kappa shape index (κ1) is 37.4. The largest absolute Gasteiger partial charge is 0.481 e. The molecule has 2 aromatic carbocycles. The van der Waals surface area contributed by atoms with Crippen molar-refractivity contribution in [1.82, 2.24) is 19.3 Å². The van der Waals surface area contributed by atoms with Crippen LogP contribution in [0.15, 0.2) is 42.6 Å². The van der Waals surface area contributed by atoms with Crippen LogP contribution in [-0.2, 0) is 27.8 Å². The predicted octanol–water partition coefficient (Wildman–Crippen LogP) is 6.09. The summed E-state index contributed by atoms with van der Waals surface area (Å²) in [6.07, 6.45) is 0.258. The van der Waals surface area contributed by atoms with Crippen molar-refractivity contribution in [2.45, 2.75) is 62.9 Å². The van der Waals surface area contributed by atoms with Gasteiger partial charge >= 0.3 is 12.1 Å². The first-order valence-corrected chi connectivity index (χ1v) is 18.0. The Labute approximate surface area is 304 Å². The van der Waals surface area contributed by atoms with Crippen LogP contribution in [0.3, 0.4) is 0 Å². The number of fused-ring (bicyclic) bond motifs is 1. The highest BCUT2D eigenvalue weighted by Crippen LogP contribution is 2.33. The molecule has 10 nitrogen and oxygen atoms in total. The monoisotopic (exact) mass is 751 g/mol. The Morgan fingerprint density at radius 2 is 1.71 bits per heavy atom. The molecule has 1 saturated carbocycles. The Morgan fingerprint density at radius 1 is 1.00 bits per heavy atom. The number of ether oxygens (including phenoxy) is 1. The summed E-state index contributed by atoms with van der Waals surface area (Å²) in [4.78, 5) is 43.9. The van der Waals surface area contributed by atoms with E-state index >= 15 is 0 Å². The lowest BCUT2D eigenvalue weighted by Gasteiger charge is -2.38. The summed E-state index contributed by atoms with van der Waals surface area (Å²) >= 11 is 13.3. The molecular weight excluding hydrogens is 710 g/mol. The summed E-state index contributed by atoms with van der Waals surface area (Å²) in [5.74, 6) is -1.71. The smallest absolute Gasteiger partial charge is 0.401 e. The van der Waals surface area contributed by atoms with E-state index in [-0.39, 0.29) is 72.1 Å². The van der Waals surface area contributed by atoms with E-state index in [0.717, 1.165) is 10.9 Å². The van der Waals surface area contributed by atoms with E-state index < -0.39 is 18.7 Å². The minimum absolute atomic E-state index is 0.0518. The molecule has 0 spiro atoms. The number of carbonyl (C=O) groups is 3. The van der Waals surface area contributed by atoms with Gasteiger partial charge in [0.15, 0.2) is 0 Å². The van der Waals surface area contributed by atoms with E-state index in [0.29, 0.717) is 68.6 Å². The summed E-state index contributed by atoms with van der Waals surface area (Å²) in [6.45, 7) is 1.22. The maximum absolute atomic E-state index is 13.9. The van der Waals surface area contributed by atoms with Crippen molar-refractivity contribution < 1.29 is 37.4 Å². The third-order valence-electron chi connectivity index (χ3n) is 10.5. The fourth-order valence-electron chi connectivity index (χ4n) is 7.68. The molecule has 3 aliphatic rings. The van der Waals surface area contributed by atoms with E-state index in [1.165, 1.54) is 11.0 Å². The molecule has 276 valence electrons. The van der Waals surface area contributed by atoms with Gasteiger partial charge in [0, 0.05) is 67.9 Å². The first-order chi connectivity index (χ1) is 24.3. The molecule has 2 amide bonds. The normalized spacial score (nSPS) is 23.5. The second-order valence-corrected chi connectivity index (χ2v) is 14.7. The van der Waals surface area contributed by atoms with E-state index in [4.69, 9.17) is 27.9 Å². The molecule has 15 heteroatoms. The lowest BCUT2D eigenvalue weighted by atomic mass is 9.87. The minimum atomic E-state index is -4.25. The Bertz CT molecular complexity index is 1750. The van der Waals surface area contributed by atoms with Gasteiger partial charge in [0.05, 0.1) is 53.9 Å². The van der Waals surface area contributed by atoms with Crippen LogP contribution in [0.2, 0.25) is 10.0 Å².